The molecule has 0 amide bonds. The quantitative estimate of drug-likeness (QED) is 0.267. The van der Waals surface area contributed by atoms with Gasteiger partial charge in [-0.25, -0.2) is 4.99 Å². The summed E-state index contributed by atoms with van der Waals surface area (Å²) >= 11 is 0. The van der Waals surface area contributed by atoms with Gasteiger partial charge in [0.25, 0.3) is 0 Å². The van der Waals surface area contributed by atoms with Gasteiger partial charge in [0.05, 0.1) is 13.2 Å². The Kier molecular flexibility index (Phi) is 15.3. The van der Waals surface area contributed by atoms with Gasteiger partial charge in [0.1, 0.15) is 12.4 Å². The second-order valence-corrected chi connectivity index (χ2v) is 6.22. The molecule has 1 atom stereocenters. The molecule has 0 spiro atoms. The molecule has 2 N–H and O–H groups in total. The summed E-state index contributed by atoms with van der Waals surface area (Å²) in [6.07, 6.45) is 0. The number of likely N-dealkylation sites (N-methyl/N-ethyl adjacent to an activating group) is 1. The van der Waals surface area contributed by atoms with Gasteiger partial charge in [0.2, 0.25) is 0 Å². The summed E-state index contributed by atoms with van der Waals surface area (Å²) in [5.41, 5.74) is 1.15. The van der Waals surface area contributed by atoms with E-state index in [9.17, 15) is 0 Å². The summed E-state index contributed by atoms with van der Waals surface area (Å²) in [5.74, 6) is 1.71. The van der Waals surface area contributed by atoms with Gasteiger partial charge in [0, 0.05) is 26.2 Å². The van der Waals surface area contributed by atoms with Crippen molar-refractivity contribution in [2.45, 2.75) is 40.3 Å². The largest absolute Gasteiger partial charge is 0.492 e. The monoisotopic (exact) mass is 492 g/mol. The van der Waals surface area contributed by atoms with Gasteiger partial charge in [-0.1, -0.05) is 26.0 Å². The van der Waals surface area contributed by atoms with Crippen LogP contribution in [0.15, 0.2) is 29.3 Å². The molecule has 0 heterocycles. The Morgan fingerprint density at radius 2 is 1.81 bits per heavy atom. The molecule has 0 aromatic heterocycles. The summed E-state index contributed by atoms with van der Waals surface area (Å²) < 4.78 is 11.0. The van der Waals surface area contributed by atoms with E-state index >= 15 is 0 Å². The maximum atomic E-state index is 5.82. The number of hydrogen-bond acceptors (Lipinski definition) is 4. The van der Waals surface area contributed by atoms with Crippen LogP contribution in [-0.4, -0.2) is 63.4 Å². The lowest BCUT2D eigenvalue weighted by atomic mass is 10.2. The Bertz CT molecular complexity index is 507. The van der Waals surface area contributed by atoms with Crippen molar-refractivity contribution in [1.29, 1.82) is 0 Å². The van der Waals surface area contributed by atoms with E-state index in [2.05, 4.69) is 60.4 Å². The number of halogens is 1. The number of guanidine groups is 1. The minimum absolute atomic E-state index is 0. The molecular formula is C20H37IN4O2. The van der Waals surface area contributed by atoms with Crippen molar-refractivity contribution >= 4 is 29.9 Å². The van der Waals surface area contributed by atoms with Crippen LogP contribution in [0, 0.1) is 0 Å². The molecule has 0 radical (unpaired) electrons. The number of rotatable bonds is 12. The molecule has 1 rings (SSSR count). The van der Waals surface area contributed by atoms with Crippen LogP contribution < -0.4 is 15.4 Å². The second kappa shape index (κ2) is 15.9. The minimum Gasteiger partial charge on any atom is -0.492 e. The predicted octanol–water partition coefficient (Wildman–Crippen LogP) is 3.12. The third-order valence-electron chi connectivity index (χ3n) is 4.06. The smallest absolute Gasteiger partial charge is 0.191 e. The maximum absolute atomic E-state index is 5.82. The molecule has 0 aliphatic rings. The third kappa shape index (κ3) is 11.4. The first kappa shape index (κ1) is 25.9. The molecule has 1 unspecified atom stereocenters. The fraction of sp³-hybridized carbons (Fsp3) is 0.650. The highest BCUT2D eigenvalue weighted by molar-refractivity contribution is 14.0. The van der Waals surface area contributed by atoms with Crippen LogP contribution in [0.25, 0.3) is 0 Å². The van der Waals surface area contributed by atoms with E-state index in [1.165, 1.54) is 0 Å². The lowest BCUT2D eigenvalue weighted by molar-refractivity contribution is 0.179. The number of nitrogens with one attached hydrogen (secondary N) is 2. The zero-order valence-corrected chi connectivity index (χ0v) is 19.8. The predicted molar refractivity (Wildman–Crippen MR) is 124 cm³/mol. The maximum Gasteiger partial charge on any atom is 0.191 e. The lowest BCUT2D eigenvalue weighted by Gasteiger charge is -2.18. The van der Waals surface area contributed by atoms with Crippen molar-refractivity contribution in [3.8, 4) is 5.75 Å². The molecule has 7 heteroatoms. The first-order valence-electron chi connectivity index (χ1n) is 9.60. The van der Waals surface area contributed by atoms with Crippen LogP contribution in [-0.2, 0) is 11.3 Å². The van der Waals surface area contributed by atoms with Crippen molar-refractivity contribution in [2.75, 3.05) is 46.5 Å². The standard InChI is InChI=1S/C20H36N4O2.HI/c1-6-21-20(23-17(4)16-25-5)22-15-18-9-11-19(12-10-18)26-14-13-24(7-2)8-3;/h9-12,17H,6-8,13-16H2,1-5H3,(H2,21,22,23);1H. The topological polar surface area (TPSA) is 58.1 Å². The van der Waals surface area contributed by atoms with Gasteiger partial charge >= 0.3 is 0 Å². The summed E-state index contributed by atoms with van der Waals surface area (Å²) in [4.78, 5) is 6.98. The van der Waals surface area contributed by atoms with Gasteiger partial charge < -0.3 is 25.0 Å². The van der Waals surface area contributed by atoms with E-state index in [4.69, 9.17) is 9.47 Å². The first-order chi connectivity index (χ1) is 12.6. The third-order valence-corrected chi connectivity index (χ3v) is 4.06. The van der Waals surface area contributed by atoms with Gasteiger partial charge in [0.15, 0.2) is 5.96 Å². The highest BCUT2D eigenvalue weighted by Crippen LogP contribution is 2.13. The van der Waals surface area contributed by atoms with E-state index in [1.807, 2.05) is 12.1 Å². The first-order valence-corrected chi connectivity index (χ1v) is 9.60. The lowest BCUT2D eigenvalue weighted by Crippen LogP contribution is -2.43. The average Bonchev–Trinajstić information content (AvgIpc) is 2.64. The average molecular weight is 492 g/mol. The minimum atomic E-state index is 0. The number of methoxy groups -OCH3 is 1. The van der Waals surface area contributed by atoms with Crippen LogP contribution in [0.4, 0.5) is 0 Å². The summed E-state index contributed by atoms with van der Waals surface area (Å²) in [6.45, 7) is 14.3. The van der Waals surface area contributed by atoms with Crippen molar-refractivity contribution in [1.82, 2.24) is 15.5 Å². The molecule has 6 nitrogen and oxygen atoms in total. The fourth-order valence-electron chi connectivity index (χ4n) is 2.54. The van der Waals surface area contributed by atoms with Crippen LogP contribution in [0.3, 0.4) is 0 Å². The van der Waals surface area contributed by atoms with Gasteiger partial charge in [-0.05, 0) is 44.6 Å². The molecule has 156 valence electrons. The van der Waals surface area contributed by atoms with Crippen LogP contribution in [0.5, 0.6) is 5.75 Å². The highest BCUT2D eigenvalue weighted by atomic mass is 127. The summed E-state index contributed by atoms with van der Waals surface area (Å²) in [7, 11) is 1.70. The molecule has 0 fully saturated rings. The number of nitrogens with zero attached hydrogens (tertiary/aromatic N) is 2. The molecule has 1 aromatic rings. The number of aliphatic imine (C=N–C) groups is 1. The molecule has 0 aliphatic heterocycles. The van der Waals surface area contributed by atoms with E-state index in [-0.39, 0.29) is 30.0 Å². The molecular weight excluding hydrogens is 455 g/mol. The van der Waals surface area contributed by atoms with E-state index < -0.39 is 0 Å². The zero-order valence-electron chi connectivity index (χ0n) is 17.5. The molecule has 1 aromatic carbocycles. The van der Waals surface area contributed by atoms with Gasteiger partial charge in [-0.2, -0.15) is 0 Å². The molecule has 0 saturated heterocycles. The van der Waals surface area contributed by atoms with Crippen LogP contribution in [0.2, 0.25) is 0 Å². The van der Waals surface area contributed by atoms with Crippen molar-refractivity contribution in [2.24, 2.45) is 4.99 Å². The molecule has 0 aliphatic carbocycles. The van der Waals surface area contributed by atoms with Crippen molar-refractivity contribution < 1.29 is 9.47 Å². The number of benzene rings is 1. The normalized spacial score (nSPS) is 12.4. The Morgan fingerprint density at radius 1 is 1.15 bits per heavy atom. The molecule has 0 bridgehead atoms. The summed E-state index contributed by atoms with van der Waals surface area (Å²) in [6, 6.07) is 8.37. The number of hydrogen-bond donors (Lipinski definition) is 2. The molecule has 0 saturated carbocycles. The summed E-state index contributed by atoms with van der Waals surface area (Å²) in [5, 5.41) is 6.59. The Balaban J connectivity index is 0.00000676. The highest BCUT2D eigenvalue weighted by Gasteiger charge is 2.04. The number of ether oxygens (including phenoxy) is 2. The SMILES string of the molecule is CCNC(=NCc1ccc(OCCN(CC)CC)cc1)NC(C)COC.I. The molecule has 27 heavy (non-hydrogen) atoms. The zero-order chi connectivity index (χ0) is 19.2. The van der Waals surface area contributed by atoms with Crippen LogP contribution >= 0.6 is 24.0 Å². The van der Waals surface area contributed by atoms with E-state index in [0.717, 1.165) is 43.5 Å². The Hall–Kier alpha value is -1.06. The van der Waals surface area contributed by atoms with Crippen molar-refractivity contribution in [3.63, 3.8) is 0 Å². The van der Waals surface area contributed by atoms with E-state index in [0.29, 0.717) is 19.8 Å². The van der Waals surface area contributed by atoms with Gasteiger partial charge in [-0.15, -0.1) is 24.0 Å². The fourth-order valence-corrected chi connectivity index (χ4v) is 2.54. The van der Waals surface area contributed by atoms with Gasteiger partial charge in [-0.3, -0.25) is 0 Å². The van der Waals surface area contributed by atoms with Crippen molar-refractivity contribution in [3.05, 3.63) is 29.8 Å². The Morgan fingerprint density at radius 3 is 2.37 bits per heavy atom. The van der Waals surface area contributed by atoms with E-state index in [1.54, 1.807) is 7.11 Å². The Labute approximate surface area is 182 Å². The second-order valence-electron chi connectivity index (χ2n) is 6.22. The van der Waals surface area contributed by atoms with Crippen LogP contribution in [0.1, 0.15) is 33.3 Å².